The van der Waals surface area contributed by atoms with E-state index >= 15 is 0 Å². The molecule has 5 nitrogen and oxygen atoms in total. The van der Waals surface area contributed by atoms with Gasteiger partial charge in [0.25, 0.3) is 0 Å². The van der Waals surface area contributed by atoms with Crippen molar-refractivity contribution in [1.29, 1.82) is 0 Å². The highest BCUT2D eigenvalue weighted by Crippen LogP contribution is 2.35. The first-order chi connectivity index (χ1) is 12.0. The standard InChI is InChI=1S/C19H17NO4S/c1-12-7-9-13(10-8-12)20-17(21)11-16(18(20)22)25-15-6-4-3-5-14(15)19(23)24-2/h3-10,16H,11H2,1-2H3. The van der Waals surface area contributed by atoms with E-state index in [0.717, 1.165) is 5.56 Å². The van der Waals surface area contributed by atoms with Gasteiger partial charge in [-0.2, -0.15) is 0 Å². The van der Waals surface area contributed by atoms with E-state index in [9.17, 15) is 14.4 Å². The molecule has 2 amide bonds. The average Bonchev–Trinajstić information content (AvgIpc) is 2.89. The van der Waals surface area contributed by atoms with Crippen LogP contribution >= 0.6 is 11.8 Å². The smallest absolute Gasteiger partial charge is 0.338 e. The third-order valence-electron chi connectivity index (χ3n) is 3.96. The van der Waals surface area contributed by atoms with Gasteiger partial charge in [0.05, 0.1) is 23.6 Å². The Kier molecular flexibility index (Phi) is 4.90. The van der Waals surface area contributed by atoms with Crippen LogP contribution in [0.2, 0.25) is 0 Å². The normalized spacial score (nSPS) is 17.0. The zero-order chi connectivity index (χ0) is 18.0. The number of hydrogen-bond acceptors (Lipinski definition) is 5. The van der Waals surface area contributed by atoms with Crippen molar-refractivity contribution >= 4 is 35.2 Å². The minimum absolute atomic E-state index is 0.104. The van der Waals surface area contributed by atoms with Gasteiger partial charge in [-0.1, -0.05) is 29.8 Å². The molecule has 0 spiro atoms. The van der Waals surface area contributed by atoms with Gasteiger partial charge < -0.3 is 4.74 Å². The monoisotopic (exact) mass is 355 g/mol. The van der Waals surface area contributed by atoms with Gasteiger partial charge in [-0.05, 0) is 31.2 Å². The number of amides is 2. The fraction of sp³-hybridized carbons (Fsp3) is 0.211. The van der Waals surface area contributed by atoms with Crippen LogP contribution in [0.25, 0.3) is 0 Å². The number of carbonyl (C=O) groups is 3. The molecule has 3 rings (SSSR count). The highest BCUT2D eigenvalue weighted by Gasteiger charge is 2.40. The van der Waals surface area contributed by atoms with Crippen LogP contribution in [0.5, 0.6) is 0 Å². The van der Waals surface area contributed by atoms with Crippen LogP contribution in [0.4, 0.5) is 5.69 Å². The van der Waals surface area contributed by atoms with Crippen molar-refractivity contribution in [3.05, 3.63) is 59.7 Å². The third-order valence-corrected chi connectivity index (χ3v) is 5.22. The number of ether oxygens (including phenoxy) is 1. The van der Waals surface area contributed by atoms with Gasteiger partial charge in [0, 0.05) is 11.3 Å². The van der Waals surface area contributed by atoms with Gasteiger partial charge in [-0.15, -0.1) is 11.8 Å². The van der Waals surface area contributed by atoms with Crippen LogP contribution in [0.1, 0.15) is 22.3 Å². The lowest BCUT2D eigenvalue weighted by Gasteiger charge is -2.15. The van der Waals surface area contributed by atoms with Crippen molar-refractivity contribution in [1.82, 2.24) is 0 Å². The number of esters is 1. The number of methoxy groups -OCH3 is 1. The first kappa shape index (κ1) is 17.2. The molecule has 2 aromatic rings. The van der Waals surface area contributed by atoms with Gasteiger partial charge in [0.2, 0.25) is 11.8 Å². The zero-order valence-electron chi connectivity index (χ0n) is 13.9. The lowest BCUT2D eigenvalue weighted by atomic mass is 10.2. The molecule has 1 atom stereocenters. The first-order valence-corrected chi connectivity index (χ1v) is 8.66. The molecular weight excluding hydrogens is 338 g/mol. The number of benzene rings is 2. The summed E-state index contributed by atoms with van der Waals surface area (Å²) in [5.41, 5.74) is 2.02. The second kappa shape index (κ2) is 7.11. The molecule has 1 unspecified atom stereocenters. The Labute approximate surface area is 150 Å². The second-order valence-corrected chi connectivity index (χ2v) is 6.95. The Morgan fingerprint density at radius 2 is 1.80 bits per heavy atom. The lowest BCUT2D eigenvalue weighted by Crippen LogP contribution is -2.31. The number of aryl methyl sites for hydroxylation is 1. The topological polar surface area (TPSA) is 63.7 Å². The Morgan fingerprint density at radius 1 is 1.12 bits per heavy atom. The van der Waals surface area contributed by atoms with Gasteiger partial charge in [-0.25, -0.2) is 9.69 Å². The molecule has 0 aromatic heterocycles. The summed E-state index contributed by atoms with van der Waals surface area (Å²) in [7, 11) is 1.31. The van der Waals surface area contributed by atoms with E-state index in [2.05, 4.69) is 0 Å². The Balaban J connectivity index is 1.84. The molecule has 0 bridgehead atoms. The fourth-order valence-corrected chi connectivity index (χ4v) is 3.84. The van der Waals surface area contributed by atoms with Gasteiger partial charge in [0.1, 0.15) is 0 Å². The molecule has 2 aromatic carbocycles. The van der Waals surface area contributed by atoms with Crippen LogP contribution in [0.15, 0.2) is 53.4 Å². The quantitative estimate of drug-likeness (QED) is 0.622. The number of nitrogens with zero attached hydrogens (tertiary/aromatic N) is 1. The number of carbonyl (C=O) groups excluding carboxylic acids is 3. The number of anilines is 1. The fourth-order valence-electron chi connectivity index (χ4n) is 2.66. The summed E-state index contributed by atoms with van der Waals surface area (Å²) in [6.45, 7) is 1.94. The predicted octanol–water partition coefficient (Wildman–Crippen LogP) is 3.21. The lowest BCUT2D eigenvalue weighted by molar-refractivity contribution is -0.121. The van der Waals surface area contributed by atoms with Crippen LogP contribution in [-0.2, 0) is 14.3 Å². The maximum atomic E-state index is 12.7. The Morgan fingerprint density at radius 3 is 2.48 bits per heavy atom. The Hall–Kier alpha value is -2.60. The summed E-state index contributed by atoms with van der Waals surface area (Å²) < 4.78 is 4.78. The number of thioether (sulfide) groups is 1. The van der Waals surface area contributed by atoms with E-state index < -0.39 is 11.2 Å². The molecule has 1 fully saturated rings. The molecule has 1 heterocycles. The Bertz CT molecular complexity index is 832. The summed E-state index contributed by atoms with van der Waals surface area (Å²) in [6, 6.07) is 14.2. The van der Waals surface area contributed by atoms with E-state index in [-0.39, 0.29) is 18.2 Å². The van der Waals surface area contributed by atoms with Gasteiger partial charge in [-0.3, -0.25) is 9.59 Å². The number of hydrogen-bond donors (Lipinski definition) is 0. The summed E-state index contributed by atoms with van der Waals surface area (Å²) in [4.78, 5) is 38.8. The van der Waals surface area contributed by atoms with Crippen molar-refractivity contribution in [3.8, 4) is 0 Å². The van der Waals surface area contributed by atoms with Crippen molar-refractivity contribution in [3.63, 3.8) is 0 Å². The molecule has 0 aliphatic carbocycles. The molecule has 1 aliphatic rings. The maximum absolute atomic E-state index is 12.7. The largest absolute Gasteiger partial charge is 0.465 e. The predicted molar refractivity (Wildman–Crippen MR) is 95.7 cm³/mol. The number of rotatable bonds is 4. The highest BCUT2D eigenvalue weighted by atomic mass is 32.2. The average molecular weight is 355 g/mol. The van der Waals surface area contributed by atoms with Crippen molar-refractivity contribution in [2.45, 2.75) is 23.5 Å². The zero-order valence-corrected chi connectivity index (χ0v) is 14.7. The highest BCUT2D eigenvalue weighted by molar-refractivity contribution is 8.00. The second-order valence-electron chi connectivity index (χ2n) is 5.70. The molecular formula is C19H17NO4S. The van der Waals surface area contributed by atoms with Crippen molar-refractivity contribution in [2.24, 2.45) is 0 Å². The molecule has 128 valence electrons. The summed E-state index contributed by atoms with van der Waals surface area (Å²) >= 11 is 1.22. The SMILES string of the molecule is COC(=O)c1ccccc1SC1CC(=O)N(c2ccc(C)cc2)C1=O. The van der Waals surface area contributed by atoms with Gasteiger partial charge >= 0.3 is 5.97 Å². The van der Waals surface area contributed by atoms with Crippen molar-refractivity contribution in [2.75, 3.05) is 12.0 Å². The third kappa shape index (κ3) is 3.44. The number of imide groups is 1. The van der Waals surface area contributed by atoms with Crippen molar-refractivity contribution < 1.29 is 19.1 Å². The minimum Gasteiger partial charge on any atom is -0.465 e. The molecule has 0 N–H and O–H groups in total. The molecule has 1 saturated heterocycles. The van der Waals surface area contributed by atoms with E-state index in [1.807, 2.05) is 19.1 Å². The van der Waals surface area contributed by atoms with E-state index in [1.165, 1.54) is 23.8 Å². The van der Waals surface area contributed by atoms with Crippen LogP contribution in [0.3, 0.4) is 0 Å². The van der Waals surface area contributed by atoms with E-state index in [4.69, 9.17) is 4.74 Å². The van der Waals surface area contributed by atoms with E-state index in [0.29, 0.717) is 16.1 Å². The first-order valence-electron chi connectivity index (χ1n) is 7.78. The molecule has 6 heteroatoms. The molecule has 0 saturated carbocycles. The summed E-state index contributed by atoms with van der Waals surface area (Å²) in [5.74, 6) is -0.962. The molecule has 25 heavy (non-hydrogen) atoms. The molecule has 0 radical (unpaired) electrons. The van der Waals surface area contributed by atoms with E-state index in [1.54, 1.807) is 36.4 Å². The van der Waals surface area contributed by atoms with Crippen LogP contribution < -0.4 is 4.90 Å². The maximum Gasteiger partial charge on any atom is 0.338 e. The van der Waals surface area contributed by atoms with Crippen LogP contribution in [0, 0.1) is 6.92 Å². The minimum atomic E-state index is -0.556. The summed E-state index contributed by atoms with van der Waals surface area (Å²) in [6.07, 6.45) is 0.104. The summed E-state index contributed by atoms with van der Waals surface area (Å²) in [5, 5.41) is -0.556. The van der Waals surface area contributed by atoms with Gasteiger partial charge in [0.15, 0.2) is 0 Å². The molecule has 1 aliphatic heterocycles. The van der Waals surface area contributed by atoms with Crippen LogP contribution in [-0.4, -0.2) is 30.1 Å².